The first-order valence-electron chi connectivity index (χ1n) is 10.1. The molecule has 162 valence electrons. The fourth-order valence-electron chi connectivity index (χ4n) is 3.24. The number of amides is 1. The second kappa shape index (κ2) is 9.11. The molecular weight excluding hydrogens is 424 g/mol. The second-order valence-corrected chi connectivity index (χ2v) is 8.90. The number of ether oxygens (including phenoxy) is 1. The van der Waals surface area contributed by atoms with E-state index in [9.17, 15) is 13.2 Å². The summed E-state index contributed by atoms with van der Waals surface area (Å²) in [7, 11) is -3.79. The number of nitrogens with one attached hydrogen (secondary N) is 2. The van der Waals surface area contributed by atoms with Crippen molar-refractivity contribution in [1.29, 1.82) is 0 Å². The molecule has 2 N–H and O–H groups in total. The van der Waals surface area contributed by atoms with E-state index in [1.165, 1.54) is 12.1 Å². The molecule has 0 radical (unpaired) electrons. The third-order valence-corrected chi connectivity index (χ3v) is 6.27. The third kappa shape index (κ3) is 4.90. The molecule has 0 saturated carbocycles. The highest BCUT2D eigenvalue weighted by Gasteiger charge is 2.17. The molecule has 4 aromatic rings. The maximum Gasteiger partial charge on any atom is 0.265 e. The first kappa shape index (κ1) is 21.4. The zero-order chi connectivity index (χ0) is 22.6. The van der Waals surface area contributed by atoms with Crippen LogP contribution in [0.3, 0.4) is 0 Å². The Morgan fingerprint density at radius 3 is 2.22 bits per heavy atom. The van der Waals surface area contributed by atoms with E-state index in [-0.39, 0.29) is 10.8 Å². The molecule has 0 aliphatic carbocycles. The Bertz CT molecular complexity index is 1330. The Hall–Kier alpha value is -3.84. The van der Waals surface area contributed by atoms with Gasteiger partial charge in [-0.1, -0.05) is 54.6 Å². The standard InChI is InChI=1S/C25H22N2O4S/c1-18(31-21-10-3-2-4-11-21)25(28)26-20-14-16-22(17-15-20)32(29,30)27-24-13-7-9-19-8-5-6-12-23(19)24/h2-18,27H,1H3,(H,26,28)/t18-/m0/s1. The molecule has 0 unspecified atom stereocenters. The molecule has 7 heteroatoms. The number of para-hydroxylation sites is 1. The monoisotopic (exact) mass is 446 g/mol. The summed E-state index contributed by atoms with van der Waals surface area (Å²) in [5, 5.41) is 4.49. The van der Waals surface area contributed by atoms with Gasteiger partial charge in [0.25, 0.3) is 15.9 Å². The molecule has 0 spiro atoms. The molecule has 4 aromatic carbocycles. The highest BCUT2D eigenvalue weighted by atomic mass is 32.2. The second-order valence-electron chi connectivity index (χ2n) is 7.22. The predicted molar refractivity (Wildman–Crippen MR) is 126 cm³/mol. The van der Waals surface area contributed by atoms with Crippen LogP contribution in [-0.4, -0.2) is 20.4 Å². The number of hydrogen-bond donors (Lipinski definition) is 2. The van der Waals surface area contributed by atoms with Crippen LogP contribution < -0.4 is 14.8 Å². The summed E-state index contributed by atoms with van der Waals surface area (Å²) < 4.78 is 34.0. The maximum atomic E-state index is 12.9. The van der Waals surface area contributed by atoms with E-state index in [1.54, 1.807) is 43.3 Å². The van der Waals surface area contributed by atoms with E-state index >= 15 is 0 Å². The van der Waals surface area contributed by atoms with Gasteiger partial charge in [-0.25, -0.2) is 8.42 Å². The summed E-state index contributed by atoms with van der Waals surface area (Å²) in [6, 6.07) is 28.1. The van der Waals surface area contributed by atoms with Gasteiger partial charge in [0, 0.05) is 11.1 Å². The van der Waals surface area contributed by atoms with Gasteiger partial charge in [-0.15, -0.1) is 0 Å². The Balaban J connectivity index is 1.45. The van der Waals surface area contributed by atoms with Gasteiger partial charge in [-0.3, -0.25) is 9.52 Å². The summed E-state index contributed by atoms with van der Waals surface area (Å²) in [6.45, 7) is 1.65. The smallest absolute Gasteiger partial charge is 0.265 e. The first-order valence-corrected chi connectivity index (χ1v) is 11.5. The minimum atomic E-state index is -3.79. The van der Waals surface area contributed by atoms with E-state index in [2.05, 4.69) is 10.0 Å². The van der Waals surface area contributed by atoms with Crippen LogP contribution in [0.25, 0.3) is 10.8 Å². The van der Waals surface area contributed by atoms with Gasteiger partial charge in [-0.05, 0) is 54.8 Å². The Kier molecular flexibility index (Phi) is 6.09. The lowest BCUT2D eigenvalue weighted by atomic mass is 10.1. The van der Waals surface area contributed by atoms with Gasteiger partial charge in [0.05, 0.1) is 10.6 Å². The molecule has 1 amide bonds. The van der Waals surface area contributed by atoms with Crippen molar-refractivity contribution in [2.24, 2.45) is 0 Å². The van der Waals surface area contributed by atoms with Gasteiger partial charge >= 0.3 is 0 Å². The third-order valence-electron chi connectivity index (χ3n) is 4.89. The minimum Gasteiger partial charge on any atom is -0.481 e. The summed E-state index contributed by atoms with van der Waals surface area (Å²) in [5.74, 6) is 0.259. The molecule has 0 heterocycles. The lowest BCUT2D eigenvalue weighted by Gasteiger charge is -2.15. The molecule has 0 aromatic heterocycles. The van der Waals surface area contributed by atoms with Crippen LogP contribution in [0, 0.1) is 0 Å². The first-order chi connectivity index (χ1) is 15.4. The van der Waals surface area contributed by atoms with E-state index in [4.69, 9.17) is 4.74 Å². The number of sulfonamides is 1. The normalized spacial score (nSPS) is 12.2. The number of fused-ring (bicyclic) bond motifs is 1. The van der Waals surface area contributed by atoms with Crippen LogP contribution >= 0.6 is 0 Å². The van der Waals surface area contributed by atoms with Crippen LogP contribution in [0.1, 0.15) is 6.92 Å². The molecule has 0 bridgehead atoms. The molecule has 6 nitrogen and oxygen atoms in total. The Morgan fingerprint density at radius 2 is 1.47 bits per heavy atom. The molecule has 1 atom stereocenters. The van der Waals surface area contributed by atoms with Crippen LogP contribution in [0.15, 0.2) is 102 Å². The van der Waals surface area contributed by atoms with Crippen molar-refractivity contribution in [3.05, 3.63) is 97.1 Å². The zero-order valence-electron chi connectivity index (χ0n) is 17.4. The van der Waals surface area contributed by atoms with Gasteiger partial charge in [0.15, 0.2) is 6.10 Å². The highest BCUT2D eigenvalue weighted by molar-refractivity contribution is 7.92. The number of rotatable bonds is 7. The Morgan fingerprint density at radius 1 is 0.812 bits per heavy atom. The summed E-state index contributed by atoms with van der Waals surface area (Å²) >= 11 is 0. The lowest BCUT2D eigenvalue weighted by Crippen LogP contribution is -2.30. The predicted octanol–water partition coefficient (Wildman–Crippen LogP) is 5.05. The van der Waals surface area contributed by atoms with E-state index in [0.717, 1.165) is 10.8 Å². The summed E-state index contributed by atoms with van der Waals surface area (Å²) in [6.07, 6.45) is -0.714. The summed E-state index contributed by atoms with van der Waals surface area (Å²) in [5.41, 5.74) is 0.981. The van der Waals surface area contributed by atoms with Gasteiger partial charge in [0.1, 0.15) is 5.75 Å². The van der Waals surface area contributed by atoms with Crippen LogP contribution in [0.5, 0.6) is 5.75 Å². The largest absolute Gasteiger partial charge is 0.481 e. The van der Waals surface area contributed by atoms with Crippen molar-refractivity contribution < 1.29 is 17.9 Å². The topological polar surface area (TPSA) is 84.5 Å². The molecule has 4 rings (SSSR count). The van der Waals surface area contributed by atoms with Crippen molar-refractivity contribution >= 4 is 38.1 Å². The molecular formula is C25H22N2O4S. The van der Waals surface area contributed by atoms with Gasteiger partial charge in [0.2, 0.25) is 0 Å². The molecule has 32 heavy (non-hydrogen) atoms. The Labute approximate surface area is 186 Å². The van der Waals surface area contributed by atoms with Crippen molar-refractivity contribution in [3.8, 4) is 5.75 Å². The number of benzene rings is 4. The summed E-state index contributed by atoms with van der Waals surface area (Å²) in [4.78, 5) is 12.5. The van der Waals surface area contributed by atoms with Crippen molar-refractivity contribution in [2.75, 3.05) is 10.0 Å². The fraction of sp³-hybridized carbons (Fsp3) is 0.0800. The average Bonchev–Trinajstić information content (AvgIpc) is 2.80. The van der Waals surface area contributed by atoms with Crippen LogP contribution in [0.2, 0.25) is 0 Å². The molecule has 0 aliphatic heterocycles. The minimum absolute atomic E-state index is 0.0945. The fourth-order valence-corrected chi connectivity index (χ4v) is 4.32. The van der Waals surface area contributed by atoms with Gasteiger partial charge < -0.3 is 10.1 Å². The zero-order valence-corrected chi connectivity index (χ0v) is 18.2. The number of carbonyl (C=O) groups excluding carboxylic acids is 1. The molecule has 0 fully saturated rings. The van der Waals surface area contributed by atoms with E-state index in [0.29, 0.717) is 17.1 Å². The molecule has 0 aliphatic rings. The van der Waals surface area contributed by atoms with Crippen LogP contribution in [-0.2, 0) is 14.8 Å². The quantitative estimate of drug-likeness (QED) is 0.416. The highest BCUT2D eigenvalue weighted by Crippen LogP contribution is 2.26. The molecule has 0 saturated heterocycles. The SMILES string of the molecule is C[C@H](Oc1ccccc1)C(=O)Nc1ccc(S(=O)(=O)Nc2cccc3ccccc23)cc1. The van der Waals surface area contributed by atoms with Crippen LogP contribution in [0.4, 0.5) is 11.4 Å². The average molecular weight is 447 g/mol. The van der Waals surface area contributed by atoms with Crippen molar-refractivity contribution in [3.63, 3.8) is 0 Å². The number of carbonyl (C=O) groups is 1. The van der Waals surface area contributed by atoms with E-state index in [1.807, 2.05) is 48.5 Å². The number of anilines is 2. The van der Waals surface area contributed by atoms with Gasteiger partial charge in [-0.2, -0.15) is 0 Å². The van der Waals surface area contributed by atoms with Crippen molar-refractivity contribution in [1.82, 2.24) is 0 Å². The maximum absolute atomic E-state index is 12.9. The lowest BCUT2D eigenvalue weighted by molar-refractivity contribution is -0.122. The number of hydrogen-bond acceptors (Lipinski definition) is 4. The van der Waals surface area contributed by atoms with E-state index < -0.39 is 16.1 Å². The van der Waals surface area contributed by atoms with Crippen molar-refractivity contribution in [2.45, 2.75) is 17.9 Å².